The minimum Gasteiger partial charge on any atom is -0.471 e. The summed E-state index contributed by atoms with van der Waals surface area (Å²) in [6, 6.07) is 7.00. The van der Waals surface area contributed by atoms with Crippen LogP contribution in [0.3, 0.4) is 0 Å². The molecule has 110 valence electrons. The molecule has 0 radical (unpaired) electrons. The molecule has 1 fully saturated rings. The van der Waals surface area contributed by atoms with Gasteiger partial charge in [-0.25, -0.2) is 0 Å². The molecular weight excluding hydrogens is 338 g/mol. The van der Waals surface area contributed by atoms with Crippen molar-refractivity contribution in [3.05, 3.63) is 40.4 Å². The number of nitrogens with zero attached hydrogens (tertiary/aromatic N) is 3. The molecule has 0 saturated carbocycles. The van der Waals surface area contributed by atoms with Gasteiger partial charge in [-0.05, 0) is 41.1 Å². The second-order valence-electron chi connectivity index (χ2n) is 4.90. The van der Waals surface area contributed by atoms with E-state index < -0.39 is 0 Å². The number of furan rings is 1. The molecule has 2 aromatic rings. The molecule has 1 amide bonds. The van der Waals surface area contributed by atoms with Crippen molar-refractivity contribution in [3.63, 3.8) is 0 Å². The molecule has 7 heteroatoms. The second kappa shape index (κ2) is 5.85. The lowest BCUT2D eigenvalue weighted by molar-refractivity contribution is 0.0738. The largest absolute Gasteiger partial charge is 0.471 e. The van der Waals surface area contributed by atoms with Gasteiger partial charge in [0.1, 0.15) is 6.10 Å². The monoisotopic (exact) mass is 351 g/mol. The van der Waals surface area contributed by atoms with Gasteiger partial charge < -0.3 is 14.1 Å². The Morgan fingerprint density at radius 2 is 2.24 bits per heavy atom. The molecule has 6 nitrogen and oxygen atoms in total. The number of amides is 1. The third kappa shape index (κ3) is 3.24. The van der Waals surface area contributed by atoms with Gasteiger partial charge in [-0.1, -0.05) is 0 Å². The van der Waals surface area contributed by atoms with Crippen molar-refractivity contribution in [1.82, 2.24) is 15.1 Å². The summed E-state index contributed by atoms with van der Waals surface area (Å²) in [5.41, 5.74) is 0.842. The highest BCUT2D eigenvalue weighted by molar-refractivity contribution is 9.10. The van der Waals surface area contributed by atoms with Gasteiger partial charge >= 0.3 is 0 Å². The molecule has 3 heterocycles. The lowest BCUT2D eigenvalue weighted by atomic mass is 10.3. The fourth-order valence-corrected chi connectivity index (χ4v) is 2.52. The Morgan fingerprint density at radius 3 is 2.90 bits per heavy atom. The fraction of sp³-hybridized carbons (Fsp3) is 0.357. The van der Waals surface area contributed by atoms with E-state index in [0.717, 1.165) is 12.1 Å². The topological polar surface area (TPSA) is 68.5 Å². The highest BCUT2D eigenvalue weighted by Crippen LogP contribution is 2.20. The van der Waals surface area contributed by atoms with Crippen LogP contribution in [0.25, 0.3) is 0 Å². The molecule has 0 aromatic carbocycles. The van der Waals surface area contributed by atoms with Crippen LogP contribution in [0.2, 0.25) is 0 Å². The van der Waals surface area contributed by atoms with E-state index in [1.54, 1.807) is 23.1 Å². The molecule has 0 aliphatic carbocycles. The van der Waals surface area contributed by atoms with Crippen LogP contribution in [-0.2, 0) is 0 Å². The van der Waals surface area contributed by atoms with Crippen LogP contribution in [0.15, 0.2) is 33.4 Å². The predicted molar refractivity (Wildman–Crippen MR) is 78.1 cm³/mol. The lowest BCUT2D eigenvalue weighted by Crippen LogP contribution is -2.30. The Morgan fingerprint density at radius 1 is 1.38 bits per heavy atom. The molecule has 0 spiro atoms. The normalized spacial score (nSPS) is 18.0. The molecule has 1 aliphatic rings. The van der Waals surface area contributed by atoms with Gasteiger partial charge in [0.2, 0.25) is 5.88 Å². The van der Waals surface area contributed by atoms with Crippen molar-refractivity contribution >= 4 is 21.8 Å². The van der Waals surface area contributed by atoms with Gasteiger partial charge in [0.15, 0.2) is 10.4 Å². The first-order chi connectivity index (χ1) is 10.1. The van der Waals surface area contributed by atoms with E-state index >= 15 is 0 Å². The zero-order valence-corrected chi connectivity index (χ0v) is 13.0. The third-order valence-electron chi connectivity index (χ3n) is 3.28. The summed E-state index contributed by atoms with van der Waals surface area (Å²) < 4.78 is 11.6. The minimum atomic E-state index is -0.123. The minimum absolute atomic E-state index is 0.0654. The lowest BCUT2D eigenvalue weighted by Gasteiger charge is -2.15. The molecule has 0 N–H and O–H groups in total. The number of ether oxygens (including phenoxy) is 1. The van der Waals surface area contributed by atoms with Crippen LogP contribution >= 0.6 is 15.9 Å². The number of aromatic nitrogens is 2. The van der Waals surface area contributed by atoms with Crippen LogP contribution in [0.5, 0.6) is 5.88 Å². The maximum absolute atomic E-state index is 12.2. The average Bonchev–Trinajstić information content (AvgIpc) is 3.10. The highest BCUT2D eigenvalue weighted by Gasteiger charge is 2.30. The van der Waals surface area contributed by atoms with Crippen molar-refractivity contribution < 1.29 is 13.9 Å². The van der Waals surface area contributed by atoms with E-state index in [-0.39, 0.29) is 12.0 Å². The van der Waals surface area contributed by atoms with Gasteiger partial charge in [0.25, 0.3) is 5.91 Å². The number of carbonyl (C=O) groups is 1. The first-order valence-corrected chi connectivity index (χ1v) is 7.43. The van der Waals surface area contributed by atoms with Crippen molar-refractivity contribution in [1.29, 1.82) is 0 Å². The Balaban J connectivity index is 1.60. The van der Waals surface area contributed by atoms with Gasteiger partial charge in [0.05, 0.1) is 12.2 Å². The number of hydrogen-bond donors (Lipinski definition) is 0. The Bertz CT molecular complexity index is 641. The first kappa shape index (κ1) is 14.1. The van der Waals surface area contributed by atoms with E-state index in [4.69, 9.17) is 9.15 Å². The summed E-state index contributed by atoms with van der Waals surface area (Å²) in [7, 11) is 0. The number of rotatable bonds is 3. The molecule has 1 saturated heterocycles. The van der Waals surface area contributed by atoms with Crippen LogP contribution in [0, 0.1) is 6.92 Å². The van der Waals surface area contributed by atoms with Crippen molar-refractivity contribution in [2.24, 2.45) is 0 Å². The number of carbonyl (C=O) groups excluding carboxylic acids is 1. The second-order valence-corrected chi connectivity index (χ2v) is 5.68. The van der Waals surface area contributed by atoms with Gasteiger partial charge in [-0.2, -0.15) is 5.10 Å². The molecule has 21 heavy (non-hydrogen) atoms. The van der Waals surface area contributed by atoms with Crippen molar-refractivity contribution in [3.8, 4) is 5.88 Å². The number of hydrogen-bond acceptors (Lipinski definition) is 5. The highest BCUT2D eigenvalue weighted by atomic mass is 79.9. The molecule has 1 unspecified atom stereocenters. The quantitative estimate of drug-likeness (QED) is 0.849. The van der Waals surface area contributed by atoms with Crippen molar-refractivity contribution in [2.75, 3.05) is 13.1 Å². The SMILES string of the molecule is Cc1ccc(OC2CCN(C(=O)c3ccc(Br)o3)C2)nn1. The first-order valence-electron chi connectivity index (χ1n) is 6.63. The standard InChI is InChI=1S/C14H14BrN3O3/c1-9-2-5-13(17-16-9)20-10-6-7-18(8-10)14(19)11-3-4-12(15)21-11/h2-5,10H,6-8H2,1H3. The van der Waals surface area contributed by atoms with Crippen LogP contribution in [0.1, 0.15) is 22.7 Å². The molecule has 2 aromatic heterocycles. The number of aryl methyl sites for hydroxylation is 1. The van der Waals surface area contributed by atoms with Crippen LogP contribution in [-0.4, -0.2) is 40.2 Å². The van der Waals surface area contributed by atoms with Crippen LogP contribution in [0.4, 0.5) is 0 Å². The molecule has 0 bridgehead atoms. The van der Waals surface area contributed by atoms with Gasteiger partial charge in [-0.3, -0.25) is 4.79 Å². The van der Waals surface area contributed by atoms with E-state index in [1.807, 2.05) is 13.0 Å². The van der Waals surface area contributed by atoms with Gasteiger partial charge in [0, 0.05) is 19.0 Å². The van der Waals surface area contributed by atoms with E-state index in [0.29, 0.717) is 29.4 Å². The van der Waals surface area contributed by atoms with E-state index in [9.17, 15) is 4.79 Å². The van der Waals surface area contributed by atoms with Crippen molar-refractivity contribution in [2.45, 2.75) is 19.4 Å². The van der Waals surface area contributed by atoms with E-state index in [1.165, 1.54) is 0 Å². The summed E-state index contributed by atoms with van der Waals surface area (Å²) in [5.74, 6) is 0.695. The Kier molecular flexibility index (Phi) is 3.92. The Labute approximate surface area is 130 Å². The average molecular weight is 352 g/mol. The molecule has 3 rings (SSSR count). The summed E-state index contributed by atoms with van der Waals surface area (Å²) in [6.07, 6.45) is 0.702. The maximum Gasteiger partial charge on any atom is 0.289 e. The maximum atomic E-state index is 12.2. The molecular formula is C14H14BrN3O3. The fourth-order valence-electron chi connectivity index (χ4n) is 2.21. The predicted octanol–water partition coefficient (Wildman–Crippen LogP) is 2.43. The molecule has 1 aliphatic heterocycles. The summed E-state index contributed by atoms with van der Waals surface area (Å²) in [5, 5.41) is 7.92. The Hall–Kier alpha value is -1.89. The number of likely N-dealkylation sites (tertiary alicyclic amines) is 1. The van der Waals surface area contributed by atoms with Crippen LogP contribution < -0.4 is 4.74 Å². The summed E-state index contributed by atoms with van der Waals surface area (Å²) in [6.45, 7) is 3.03. The summed E-state index contributed by atoms with van der Waals surface area (Å²) in [4.78, 5) is 14.0. The number of halogens is 1. The third-order valence-corrected chi connectivity index (χ3v) is 3.70. The molecule has 1 atom stereocenters. The summed E-state index contributed by atoms with van der Waals surface area (Å²) >= 11 is 3.19. The van der Waals surface area contributed by atoms with Gasteiger partial charge in [-0.15, -0.1) is 5.10 Å². The zero-order valence-electron chi connectivity index (χ0n) is 11.5. The zero-order chi connectivity index (χ0) is 14.8. The smallest absolute Gasteiger partial charge is 0.289 e. The van der Waals surface area contributed by atoms with E-state index in [2.05, 4.69) is 26.1 Å².